The molecule has 2 rings (SSSR count). The molecule has 0 aromatic carbocycles. The summed E-state index contributed by atoms with van der Waals surface area (Å²) < 4.78 is 5.05. The van der Waals surface area contributed by atoms with Crippen molar-refractivity contribution in [3.63, 3.8) is 0 Å². The van der Waals surface area contributed by atoms with Crippen molar-refractivity contribution in [3.8, 4) is 5.75 Å². The number of carboxylic acids is 1. The second-order valence-electron chi connectivity index (χ2n) is 5.80. The van der Waals surface area contributed by atoms with E-state index in [1.54, 1.807) is 18.6 Å². The Labute approximate surface area is 128 Å². The lowest BCUT2D eigenvalue weighted by Crippen LogP contribution is -2.45. The molecule has 6 heteroatoms. The molecule has 0 saturated heterocycles. The Bertz CT molecular complexity index is 517. The third-order valence-corrected chi connectivity index (χ3v) is 5.21. The first-order valence-electron chi connectivity index (χ1n) is 7.11. The molecule has 1 fully saturated rings. The zero-order valence-electron chi connectivity index (χ0n) is 12.3. The molecule has 1 aliphatic rings. The van der Waals surface area contributed by atoms with Crippen LogP contribution in [0.15, 0.2) is 11.4 Å². The molecule has 21 heavy (non-hydrogen) atoms. The van der Waals surface area contributed by atoms with Crippen molar-refractivity contribution in [1.82, 2.24) is 5.32 Å². The SMILES string of the molecule is COc1csc(C(=O)NCC2(C(=O)O)CCC(C)CC2)c1. The largest absolute Gasteiger partial charge is 0.496 e. The number of methoxy groups -OCH3 is 1. The quantitative estimate of drug-likeness (QED) is 0.876. The van der Waals surface area contributed by atoms with Crippen LogP contribution in [0.5, 0.6) is 5.75 Å². The maximum absolute atomic E-state index is 12.1. The number of hydrogen-bond acceptors (Lipinski definition) is 4. The third-order valence-electron chi connectivity index (χ3n) is 4.31. The fourth-order valence-corrected chi connectivity index (χ4v) is 3.43. The number of carboxylic acid groups (broad SMARTS) is 1. The molecule has 1 aliphatic carbocycles. The van der Waals surface area contributed by atoms with Gasteiger partial charge >= 0.3 is 5.97 Å². The van der Waals surface area contributed by atoms with Crippen LogP contribution in [0.1, 0.15) is 42.3 Å². The predicted molar refractivity (Wildman–Crippen MR) is 80.9 cm³/mol. The van der Waals surface area contributed by atoms with Gasteiger partial charge in [0.1, 0.15) is 5.75 Å². The molecule has 0 atom stereocenters. The van der Waals surface area contributed by atoms with Crippen molar-refractivity contribution in [1.29, 1.82) is 0 Å². The fourth-order valence-electron chi connectivity index (χ4n) is 2.66. The average Bonchev–Trinajstić information content (AvgIpc) is 2.95. The van der Waals surface area contributed by atoms with Gasteiger partial charge in [-0.2, -0.15) is 0 Å². The molecule has 0 unspecified atom stereocenters. The molecule has 1 aromatic heterocycles. The Morgan fingerprint density at radius 2 is 2.14 bits per heavy atom. The van der Waals surface area contributed by atoms with Gasteiger partial charge in [-0.3, -0.25) is 9.59 Å². The topological polar surface area (TPSA) is 75.6 Å². The summed E-state index contributed by atoms with van der Waals surface area (Å²) in [7, 11) is 1.55. The number of ether oxygens (including phenoxy) is 1. The summed E-state index contributed by atoms with van der Waals surface area (Å²) in [6.45, 7) is 2.33. The van der Waals surface area contributed by atoms with E-state index in [9.17, 15) is 14.7 Å². The summed E-state index contributed by atoms with van der Waals surface area (Å²) >= 11 is 1.29. The van der Waals surface area contributed by atoms with Crippen molar-refractivity contribution in [2.24, 2.45) is 11.3 Å². The van der Waals surface area contributed by atoms with E-state index in [0.29, 0.717) is 29.4 Å². The molecular formula is C15H21NO4S. The number of rotatable bonds is 5. The number of hydrogen-bond donors (Lipinski definition) is 2. The van der Waals surface area contributed by atoms with Gasteiger partial charge in [-0.25, -0.2) is 0 Å². The van der Waals surface area contributed by atoms with E-state index in [0.717, 1.165) is 12.8 Å². The zero-order valence-corrected chi connectivity index (χ0v) is 13.2. The molecule has 5 nitrogen and oxygen atoms in total. The molecule has 1 saturated carbocycles. The maximum atomic E-state index is 12.1. The smallest absolute Gasteiger partial charge is 0.311 e. The third kappa shape index (κ3) is 3.56. The van der Waals surface area contributed by atoms with Gasteiger partial charge in [-0.1, -0.05) is 6.92 Å². The molecule has 0 radical (unpaired) electrons. The Morgan fingerprint density at radius 1 is 1.48 bits per heavy atom. The maximum Gasteiger partial charge on any atom is 0.311 e. The van der Waals surface area contributed by atoms with Gasteiger partial charge in [0.25, 0.3) is 5.91 Å². The summed E-state index contributed by atoms with van der Waals surface area (Å²) in [5.74, 6) is 0.167. The summed E-state index contributed by atoms with van der Waals surface area (Å²) in [6, 6.07) is 1.66. The zero-order chi connectivity index (χ0) is 15.5. The minimum Gasteiger partial charge on any atom is -0.496 e. The Hall–Kier alpha value is -1.56. The Morgan fingerprint density at radius 3 is 2.67 bits per heavy atom. The van der Waals surface area contributed by atoms with Crippen LogP contribution >= 0.6 is 11.3 Å². The highest BCUT2D eigenvalue weighted by molar-refractivity contribution is 7.12. The van der Waals surface area contributed by atoms with E-state index in [1.807, 2.05) is 0 Å². The molecule has 0 spiro atoms. The summed E-state index contributed by atoms with van der Waals surface area (Å²) in [5.41, 5.74) is -0.816. The molecule has 1 aromatic rings. The average molecular weight is 311 g/mol. The van der Waals surface area contributed by atoms with Crippen molar-refractivity contribution in [3.05, 3.63) is 16.3 Å². The van der Waals surface area contributed by atoms with Gasteiger partial charge in [-0.15, -0.1) is 11.3 Å². The highest BCUT2D eigenvalue weighted by Gasteiger charge is 2.41. The standard InChI is InChI=1S/C15H21NO4S/c1-10-3-5-15(6-4-10,14(18)19)9-16-13(17)12-7-11(20-2)8-21-12/h7-8,10H,3-6,9H2,1-2H3,(H,16,17)(H,18,19). The molecule has 1 heterocycles. The number of aliphatic carboxylic acids is 1. The Kier molecular flexibility index (Phi) is 4.88. The normalized spacial score (nSPS) is 25.3. The van der Waals surface area contributed by atoms with Gasteiger partial charge in [0.15, 0.2) is 0 Å². The van der Waals surface area contributed by atoms with E-state index in [1.165, 1.54) is 11.3 Å². The monoisotopic (exact) mass is 311 g/mol. The van der Waals surface area contributed by atoms with Gasteiger partial charge in [0.05, 0.1) is 17.4 Å². The summed E-state index contributed by atoms with van der Waals surface area (Å²) in [6.07, 6.45) is 3.04. The first-order valence-corrected chi connectivity index (χ1v) is 7.99. The van der Waals surface area contributed by atoms with Crippen LogP contribution in [0.4, 0.5) is 0 Å². The molecule has 116 valence electrons. The lowest BCUT2D eigenvalue weighted by Gasteiger charge is -2.35. The summed E-state index contributed by atoms with van der Waals surface area (Å²) in [4.78, 5) is 24.2. The highest BCUT2D eigenvalue weighted by Crippen LogP contribution is 2.38. The molecule has 0 bridgehead atoms. The minimum absolute atomic E-state index is 0.189. The van der Waals surface area contributed by atoms with Crippen LogP contribution in [0, 0.1) is 11.3 Å². The van der Waals surface area contributed by atoms with Crippen LogP contribution in [0.25, 0.3) is 0 Å². The molecule has 0 aliphatic heterocycles. The Balaban J connectivity index is 1.99. The van der Waals surface area contributed by atoms with E-state index in [2.05, 4.69) is 12.2 Å². The number of nitrogens with one attached hydrogen (secondary N) is 1. The van der Waals surface area contributed by atoms with Crippen LogP contribution in [0.2, 0.25) is 0 Å². The van der Waals surface area contributed by atoms with Gasteiger partial charge in [-0.05, 0) is 31.6 Å². The van der Waals surface area contributed by atoms with Gasteiger partial charge in [0.2, 0.25) is 0 Å². The fraction of sp³-hybridized carbons (Fsp3) is 0.600. The minimum atomic E-state index is -0.816. The van der Waals surface area contributed by atoms with Gasteiger partial charge in [0, 0.05) is 18.0 Å². The lowest BCUT2D eigenvalue weighted by atomic mass is 9.71. The lowest BCUT2D eigenvalue weighted by molar-refractivity contribution is -0.151. The number of carbonyl (C=O) groups is 2. The van der Waals surface area contributed by atoms with E-state index in [4.69, 9.17) is 4.74 Å². The van der Waals surface area contributed by atoms with Crippen molar-refractivity contribution < 1.29 is 19.4 Å². The molecule has 1 amide bonds. The van der Waals surface area contributed by atoms with E-state index in [-0.39, 0.29) is 12.5 Å². The van der Waals surface area contributed by atoms with Crippen molar-refractivity contribution >= 4 is 23.2 Å². The van der Waals surface area contributed by atoms with Crippen molar-refractivity contribution in [2.75, 3.05) is 13.7 Å². The number of carbonyl (C=O) groups excluding carboxylic acids is 1. The van der Waals surface area contributed by atoms with Crippen molar-refractivity contribution in [2.45, 2.75) is 32.6 Å². The van der Waals surface area contributed by atoms with Gasteiger partial charge < -0.3 is 15.2 Å². The van der Waals surface area contributed by atoms with Crippen LogP contribution < -0.4 is 10.1 Å². The molecule has 2 N–H and O–H groups in total. The van der Waals surface area contributed by atoms with Crippen LogP contribution in [0.3, 0.4) is 0 Å². The number of thiophene rings is 1. The number of amides is 1. The predicted octanol–water partition coefficient (Wildman–Crippen LogP) is 2.77. The first-order chi connectivity index (χ1) is 9.97. The second-order valence-corrected chi connectivity index (χ2v) is 6.71. The highest BCUT2D eigenvalue weighted by atomic mass is 32.1. The van der Waals surface area contributed by atoms with Crippen LogP contribution in [-0.2, 0) is 4.79 Å². The van der Waals surface area contributed by atoms with E-state index >= 15 is 0 Å². The van der Waals surface area contributed by atoms with Crippen LogP contribution in [-0.4, -0.2) is 30.6 Å². The molecular weight excluding hydrogens is 290 g/mol. The first kappa shape index (κ1) is 15.8. The summed E-state index contributed by atoms with van der Waals surface area (Å²) in [5, 5.41) is 14.1. The second kappa shape index (κ2) is 6.47. The van der Waals surface area contributed by atoms with E-state index < -0.39 is 11.4 Å².